The van der Waals surface area contributed by atoms with E-state index in [9.17, 15) is 14.4 Å². The van der Waals surface area contributed by atoms with Gasteiger partial charge in [0.1, 0.15) is 13.2 Å². The summed E-state index contributed by atoms with van der Waals surface area (Å²) in [6.07, 6.45) is 98.7. The second-order valence-electron chi connectivity index (χ2n) is 22.0. The minimum absolute atomic E-state index is 0.0938. The molecule has 0 aromatic heterocycles. The van der Waals surface area contributed by atoms with E-state index in [4.69, 9.17) is 14.2 Å². The molecule has 0 heterocycles. The summed E-state index contributed by atoms with van der Waals surface area (Å²) in [5, 5.41) is 0. The molecule has 0 aromatic carbocycles. The summed E-state index contributed by atoms with van der Waals surface area (Å²) in [6, 6.07) is 0. The third kappa shape index (κ3) is 66.1. The summed E-state index contributed by atoms with van der Waals surface area (Å²) in [4.78, 5) is 38.3. The number of allylic oxidation sites excluding steroid dienone is 24. The summed E-state index contributed by atoms with van der Waals surface area (Å²) in [6.45, 7) is 6.37. The van der Waals surface area contributed by atoms with Crippen molar-refractivity contribution < 1.29 is 28.6 Å². The molecule has 0 N–H and O–H groups in total. The van der Waals surface area contributed by atoms with Crippen LogP contribution in [0.5, 0.6) is 0 Å². The van der Waals surface area contributed by atoms with Gasteiger partial charge in [0, 0.05) is 19.3 Å². The van der Waals surface area contributed by atoms with Gasteiger partial charge < -0.3 is 14.2 Å². The molecule has 0 rings (SSSR count). The van der Waals surface area contributed by atoms with Crippen molar-refractivity contribution in [3.63, 3.8) is 0 Å². The molecule has 0 aliphatic carbocycles. The molecule has 1 atom stereocenters. The van der Waals surface area contributed by atoms with Gasteiger partial charge in [-0.1, -0.05) is 282 Å². The van der Waals surface area contributed by atoms with Crippen molar-refractivity contribution in [2.24, 2.45) is 0 Å². The molecule has 0 radical (unpaired) electrons. The molecule has 0 saturated heterocycles. The summed E-state index contributed by atoms with van der Waals surface area (Å²) in [5.41, 5.74) is 0. The Morgan fingerprint density at radius 3 is 0.756 bits per heavy atom. The molecule has 464 valence electrons. The van der Waals surface area contributed by atoms with E-state index in [1.54, 1.807) is 0 Å². The van der Waals surface area contributed by atoms with Crippen LogP contribution in [0.25, 0.3) is 0 Å². The van der Waals surface area contributed by atoms with Crippen LogP contribution in [0.15, 0.2) is 146 Å². The molecular formula is C76H124O6. The zero-order valence-corrected chi connectivity index (χ0v) is 53.2. The van der Waals surface area contributed by atoms with Gasteiger partial charge in [-0.3, -0.25) is 14.4 Å². The normalized spacial score (nSPS) is 13.1. The molecule has 0 bridgehead atoms. The molecule has 1 unspecified atom stereocenters. The number of carbonyl (C=O) groups excluding carboxylic acids is 3. The summed E-state index contributed by atoms with van der Waals surface area (Å²) in [5.74, 6) is -0.926. The standard InChI is InChI=1S/C76H124O6/c1-4-7-10-13-16-19-22-25-27-29-30-31-32-33-34-35-36-37-38-39-40-41-42-43-44-45-46-48-49-51-54-57-60-63-66-69-75(78)81-72-73(71-80-74(77)68-65-62-59-56-53-24-21-18-15-12-9-6-3)82-76(79)70-67-64-61-58-55-52-50-47-28-26-23-20-17-14-11-8-5-2/h7-8,10-11,16-21,25-28,30-31,33-34,36-37,39-40,50,52,73H,4-6,9,12-15,22-24,29,32,35,38,41-49,51,53-72H2,1-3H3/b10-7-,11-8-,19-16-,20-17-,21-18-,27-25-,28-26-,31-30-,34-33-,37-36-,40-39-,52-50-. The average molecular weight is 1130 g/mol. The lowest BCUT2D eigenvalue weighted by Gasteiger charge is -2.18. The lowest BCUT2D eigenvalue weighted by molar-refractivity contribution is -0.167. The van der Waals surface area contributed by atoms with Gasteiger partial charge in [-0.15, -0.1) is 0 Å². The van der Waals surface area contributed by atoms with Crippen molar-refractivity contribution >= 4 is 17.9 Å². The van der Waals surface area contributed by atoms with E-state index in [0.29, 0.717) is 19.3 Å². The predicted octanol–water partition coefficient (Wildman–Crippen LogP) is 23.5. The molecule has 0 aliphatic heterocycles. The molecule has 0 saturated carbocycles. The van der Waals surface area contributed by atoms with E-state index in [1.165, 1.54) is 103 Å². The van der Waals surface area contributed by atoms with Gasteiger partial charge in [-0.25, -0.2) is 0 Å². The van der Waals surface area contributed by atoms with Gasteiger partial charge in [0.05, 0.1) is 0 Å². The lowest BCUT2D eigenvalue weighted by Crippen LogP contribution is -2.30. The Morgan fingerprint density at radius 2 is 0.476 bits per heavy atom. The summed E-state index contributed by atoms with van der Waals surface area (Å²) >= 11 is 0. The maximum Gasteiger partial charge on any atom is 0.306 e. The van der Waals surface area contributed by atoms with Crippen LogP contribution in [0.1, 0.15) is 297 Å². The highest BCUT2D eigenvalue weighted by molar-refractivity contribution is 5.71. The maximum atomic E-state index is 12.9. The zero-order valence-electron chi connectivity index (χ0n) is 53.2. The third-order valence-corrected chi connectivity index (χ3v) is 14.1. The van der Waals surface area contributed by atoms with Crippen molar-refractivity contribution in [1.29, 1.82) is 0 Å². The number of ether oxygens (including phenoxy) is 3. The molecule has 82 heavy (non-hydrogen) atoms. The summed E-state index contributed by atoms with van der Waals surface area (Å²) < 4.78 is 16.9. The van der Waals surface area contributed by atoms with E-state index in [1.807, 2.05) is 0 Å². The number of rotatable bonds is 60. The average Bonchev–Trinajstić information content (AvgIpc) is 3.47. The Kier molecular flexibility index (Phi) is 64.8. The van der Waals surface area contributed by atoms with Crippen LogP contribution in [-0.2, 0) is 28.6 Å². The van der Waals surface area contributed by atoms with E-state index in [-0.39, 0.29) is 31.1 Å². The fourth-order valence-corrected chi connectivity index (χ4v) is 9.06. The number of hydrogen-bond donors (Lipinski definition) is 0. The summed E-state index contributed by atoms with van der Waals surface area (Å²) in [7, 11) is 0. The highest BCUT2D eigenvalue weighted by atomic mass is 16.6. The number of unbranched alkanes of at least 4 members (excludes halogenated alkanes) is 25. The Bertz CT molecular complexity index is 1780. The van der Waals surface area contributed by atoms with Crippen molar-refractivity contribution in [3.05, 3.63) is 146 Å². The first-order valence-electron chi connectivity index (χ1n) is 33.8. The lowest BCUT2D eigenvalue weighted by atomic mass is 10.0. The molecule has 0 aliphatic rings. The van der Waals surface area contributed by atoms with Gasteiger partial charge in [0.25, 0.3) is 0 Å². The second kappa shape index (κ2) is 68.8. The SMILES string of the molecule is CC/C=C\C/C=C\C/C=C\C/C=C\C/C=C\C/C=C\C/C=C\CCCCCCCCCCCCCCCC(=O)OCC(COC(=O)CCCCCCC/C=C\CCCCC)OC(=O)CCCCCC/C=C\C/C=C\C/C=C\C/C=C\CC. The van der Waals surface area contributed by atoms with Crippen LogP contribution < -0.4 is 0 Å². The predicted molar refractivity (Wildman–Crippen MR) is 357 cm³/mol. The quantitative estimate of drug-likeness (QED) is 0.0261. The molecule has 0 amide bonds. The van der Waals surface area contributed by atoms with E-state index in [0.717, 1.165) is 154 Å². The Morgan fingerprint density at radius 1 is 0.256 bits per heavy atom. The third-order valence-electron chi connectivity index (χ3n) is 14.1. The fraction of sp³-hybridized carbons (Fsp3) is 0.645. The first-order valence-corrected chi connectivity index (χ1v) is 33.8. The van der Waals surface area contributed by atoms with Crippen molar-refractivity contribution in [1.82, 2.24) is 0 Å². The minimum Gasteiger partial charge on any atom is -0.462 e. The van der Waals surface area contributed by atoms with Crippen LogP contribution >= 0.6 is 0 Å². The van der Waals surface area contributed by atoms with Crippen LogP contribution in [0.4, 0.5) is 0 Å². The van der Waals surface area contributed by atoms with Crippen LogP contribution in [0, 0.1) is 0 Å². The van der Waals surface area contributed by atoms with Crippen LogP contribution in [0.3, 0.4) is 0 Å². The molecular weight excluding hydrogens is 1010 g/mol. The second-order valence-corrected chi connectivity index (χ2v) is 22.0. The Hall–Kier alpha value is -4.71. The van der Waals surface area contributed by atoms with E-state index < -0.39 is 6.10 Å². The fourth-order valence-electron chi connectivity index (χ4n) is 9.06. The molecule has 0 fully saturated rings. The van der Waals surface area contributed by atoms with Crippen molar-refractivity contribution in [3.8, 4) is 0 Å². The monoisotopic (exact) mass is 1130 g/mol. The maximum absolute atomic E-state index is 12.9. The first-order chi connectivity index (χ1) is 40.5. The smallest absolute Gasteiger partial charge is 0.306 e. The number of esters is 3. The van der Waals surface area contributed by atoms with Crippen molar-refractivity contribution in [2.75, 3.05) is 13.2 Å². The largest absolute Gasteiger partial charge is 0.462 e. The van der Waals surface area contributed by atoms with Gasteiger partial charge in [-0.2, -0.15) is 0 Å². The highest BCUT2D eigenvalue weighted by Crippen LogP contribution is 2.16. The van der Waals surface area contributed by atoms with E-state index >= 15 is 0 Å². The van der Waals surface area contributed by atoms with E-state index in [2.05, 4.69) is 167 Å². The zero-order chi connectivity index (χ0) is 59.2. The van der Waals surface area contributed by atoms with Crippen LogP contribution in [0.2, 0.25) is 0 Å². The van der Waals surface area contributed by atoms with Gasteiger partial charge in [-0.05, 0) is 141 Å². The van der Waals surface area contributed by atoms with Gasteiger partial charge >= 0.3 is 17.9 Å². The first kappa shape index (κ1) is 77.3. The highest BCUT2D eigenvalue weighted by Gasteiger charge is 2.19. The van der Waals surface area contributed by atoms with Gasteiger partial charge in [0.2, 0.25) is 0 Å². The van der Waals surface area contributed by atoms with Crippen molar-refractivity contribution in [2.45, 2.75) is 303 Å². The van der Waals surface area contributed by atoms with Crippen LogP contribution in [-0.4, -0.2) is 37.2 Å². The molecule has 6 nitrogen and oxygen atoms in total. The molecule has 0 spiro atoms. The number of carbonyl (C=O) groups is 3. The Labute approximate surface area is 506 Å². The molecule has 0 aromatic rings. The number of hydrogen-bond acceptors (Lipinski definition) is 6. The Balaban J connectivity index is 4.22. The molecule has 6 heteroatoms. The van der Waals surface area contributed by atoms with Gasteiger partial charge in [0.15, 0.2) is 6.10 Å². The topological polar surface area (TPSA) is 78.9 Å². The minimum atomic E-state index is -0.799.